The predicted octanol–water partition coefficient (Wildman–Crippen LogP) is 2.99. The molecule has 3 aromatic rings. The second-order valence-corrected chi connectivity index (χ2v) is 9.06. The Morgan fingerprint density at radius 2 is 1.70 bits per heavy atom. The largest absolute Gasteiger partial charge is 0.497 e. The fourth-order valence-electron chi connectivity index (χ4n) is 3.61. The Morgan fingerprint density at radius 1 is 1.00 bits per heavy atom. The van der Waals surface area contributed by atoms with Crippen LogP contribution in [0.3, 0.4) is 0 Å². The first-order valence-corrected chi connectivity index (χ1v) is 11.7. The van der Waals surface area contributed by atoms with Crippen LogP contribution in [-0.2, 0) is 17.8 Å². The summed E-state index contributed by atoms with van der Waals surface area (Å²) in [6.45, 7) is 5.58. The van der Waals surface area contributed by atoms with Crippen molar-refractivity contribution < 1.29 is 14.3 Å². The van der Waals surface area contributed by atoms with Gasteiger partial charge >= 0.3 is 0 Å². The van der Waals surface area contributed by atoms with Crippen molar-refractivity contribution in [3.05, 3.63) is 69.7 Å². The zero-order valence-corrected chi connectivity index (χ0v) is 19.6. The SMILES string of the molecule is COc1ccc(NC(=O)c2nnc(CN3CCN(C(=O)Cc4ccc(C)cc4)CC3)s2)cc1. The molecule has 2 aromatic carbocycles. The van der Waals surface area contributed by atoms with Crippen molar-refractivity contribution in [2.24, 2.45) is 0 Å². The number of aryl methyl sites for hydroxylation is 1. The lowest BCUT2D eigenvalue weighted by molar-refractivity contribution is -0.132. The summed E-state index contributed by atoms with van der Waals surface area (Å²) in [6, 6.07) is 15.2. The molecule has 0 bridgehead atoms. The Labute approximate surface area is 197 Å². The molecule has 9 heteroatoms. The van der Waals surface area contributed by atoms with Gasteiger partial charge in [-0.05, 0) is 36.8 Å². The van der Waals surface area contributed by atoms with Crippen LogP contribution in [0, 0.1) is 6.92 Å². The molecule has 0 spiro atoms. The molecule has 1 N–H and O–H groups in total. The van der Waals surface area contributed by atoms with E-state index in [9.17, 15) is 9.59 Å². The molecule has 2 heterocycles. The van der Waals surface area contributed by atoms with E-state index in [0.29, 0.717) is 36.8 Å². The molecule has 4 rings (SSSR count). The molecule has 0 unspecified atom stereocenters. The number of nitrogens with zero attached hydrogens (tertiary/aromatic N) is 4. The minimum atomic E-state index is -0.282. The topological polar surface area (TPSA) is 87.7 Å². The van der Waals surface area contributed by atoms with Crippen LogP contribution in [0.4, 0.5) is 5.69 Å². The molecule has 172 valence electrons. The molecule has 8 nitrogen and oxygen atoms in total. The summed E-state index contributed by atoms with van der Waals surface area (Å²) < 4.78 is 5.13. The summed E-state index contributed by atoms with van der Waals surface area (Å²) in [6.07, 6.45) is 0.434. The van der Waals surface area contributed by atoms with Crippen LogP contribution in [0.15, 0.2) is 48.5 Å². The van der Waals surface area contributed by atoms with E-state index in [-0.39, 0.29) is 11.8 Å². The van der Waals surface area contributed by atoms with Gasteiger partial charge in [0.15, 0.2) is 0 Å². The Bertz CT molecular complexity index is 1090. The number of methoxy groups -OCH3 is 1. The second kappa shape index (κ2) is 10.5. The van der Waals surface area contributed by atoms with E-state index in [1.807, 2.05) is 36.1 Å². The normalized spacial score (nSPS) is 14.2. The molecule has 0 aliphatic carbocycles. The Kier molecular flexibility index (Phi) is 7.31. The third kappa shape index (κ3) is 6.15. The lowest BCUT2D eigenvalue weighted by Gasteiger charge is -2.34. The first-order chi connectivity index (χ1) is 16.0. The van der Waals surface area contributed by atoms with Gasteiger partial charge in [-0.2, -0.15) is 0 Å². The molecule has 0 atom stereocenters. The maximum atomic E-state index is 12.6. The predicted molar refractivity (Wildman–Crippen MR) is 128 cm³/mol. The van der Waals surface area contributed by atoms with E-state index in [1.54, 1.807) is 31.4 Å². The Balaban J connectivity index is 1.24. The first-order valence-electron chi connectivity index (χ1n) is 10.8. The van der Waals surface area contributed by atoms with Crippen molar-refractivity contribution in [1.82, 2.24) is 20.0 Å². The summed E-state index contributed by atoms with van der Waals surface area (Å²) in [7, 11) is 1.60. The van der Waals surface area contributed by atoms with E-state index < -0.39 is 0 Å². The van der Waals surface area contributed by atoms with Crippen LogP contribution in [0.2, 0.25) is 0 Å². The second-order valence-electron chi connectivity index (χ2n) is 8.00. The van der Waals surface area contributed by atoms with Crippen molar-refractivity contribution in [2.45, 2.75) is 19.9 Å². The van der Waals surface area contributed by atoms with E-state index >= 15 is 0 Å². The van der Waals surface area contributed by atoms with Crippen LogP contribution < -0.4 is 10.1 Å². The molecule has 2 amide bonds. The van der Waals surface area contributed by atoms with Gasteiger partial charge in [-0.25, -0.2) is 0 Å². The van der Waals surface area contributed by atoms with Gasteiger partial charge in [-0.1, -0.05) is 41.2 Å². The number of ether oxygens (including phenoxy) is 1. The van der Waals surface area contributed by atoms with Crippen molar-refractivity contribution in [3.8, 4) is 5.75 Å². The van der Waals surface area contributed by atoms with Gasteiger partial charge < -0.3 is 15.0 Å². The van der Waals surface area contributed by atoms with Crippen molar-refractivity contribution in [1.29, 1.82) is 0 Å². The van der Waals surface area contributed by atoms with Gasteiger partial charge in [0.1, 0.15) is 10.8 Å². The quantitative estimate of drug-likeness (QED) is 0.577. The molecule has 1 saturated heterocycles. The van der Waals surface area contributed by atoms with Gasteiger partial charge in [0.05, 0.1) is 20.1 Å². The number of hydrogen-bond acceptors (Lipinski definition) is 7. The van der Waals surface area contributed by atoms with E-state index in [2.05, 4.69) is 20.4 Å². The molecule has 33 heavy (non-hydrogen) atoms. The third-order valence-corrected chi connectivity index (χ3v) is 6.48. The van der Waals surface area contributed by atoms with Crippen LogP contribution >= 0.6 is 11.3 Å². The summed E-state index contributed by atoms with van der Waals surface area (Å²) in [5, 5.41) is 12.2. The molecular weight excluding hydrogens is 438 g/mol. The number of carbonyl (C=O) groups excluding carboxylic acids is 2. The molecule has 1 fully saturated rings. The minimum Gasteiger partial charge on any atom is -0.497 e. The number of anilines is 1. The highest BCUT2D eigenvalue weighted by Gasteiger charge is 2.23. The number of piperazine rings is 1. The van der Waals surface area contributed by atoms with Gasteiger partial charge in [-0.3, -0.25) is 14.5 Å². The average Bonchev–Trinajstić information content (AvgIpc) is 3.30. The van der Waals surface area contributed by atoms with Crippen LogP contribution in [0.25, 0.3) is 0 Å². The standard InChI is InChI=1S/C24H27N5O3S/c1-17-3-5-18(6-4-17)15-22(30)29-13-11-28(12-14-29)16-21-26-27-24(33-21)23(31)25-19-7-9-20(32-2)10-8-19/h3-10H,11-16H2,1-2H3,(H,25,31). The van der Waals surface area contributed by atoms with E-state index in [0.717, 1.165) is 29.4 Å². The lowest BCUT2D eigenvalue weighted by atomic mass is 10.1. The number of amides is 2. The molecule has 0 radical (unpaired) electrons. The Morgan fingerprint density at radius 3 is 2.36 bits per heavy atom. The lowest BCUT2D eigenvalue weighted by Crippen LogP contribution is -2.48. The highest BCUT2D eigenvalue weighted by Crippen LogP contribution is 2.18. The Hall–Kier alpha value is -3.30. The van der Waals surface area contributed by atoms with Crippen molar-refractivity contribution in [3.63, 3.8) is 0 Å². The zero-order chi connectivity index (χ0) is 23.2. The van der Waals surface area contributed by atoms with Crippen LogP contribution in [0.5, 0.6) is 5.75 Å². The monoisotopic (exact) mass is 465 g/mol. The fraction of sp³-hybridized carbons (Fsp3) is 0.333. The molecule has 1 aliphatic heterocycles. The molecular formula is C24H27N5O3S. The number of aromatic nitrogens is 2. The number of hydrogen-bond donors (Lipinski definition) is 1. The maximum Gasteiger partial charge on any atom is 0.286 e. The number of nitrogens with one attached hydrogen (secondary N) is 1. The van der Waals surface area contributed by atoms with Gasteiger partial charge in [0.2, 0.25) is 10.9 Å². The van der Waals surface area contributed by atoms with Crippen molar-refractivity contribution in [2.75, 3.05) is 38.6 Å². The molecule has 0 saturated carbocycles. The number of rotatable bonds is 7. The molecule has 1 aromatic heterocycles. The summed E-state index contributed by atoms with van der Waals surface area (Å²) in [4.78, 5) is 29.2. The van der Waals surface area contributed by atoms with E-state index in [1.165, 1.54) is 16.9 Å². The van der Waals surface area contributed by atoms with Crippen LogP contribution in [0.1, 0.15) is 25.9 Å². The van der Waals surface area contributed by atoms with Gasteiger partial charge in [-0.15, -0.1) is 10.2 Å². The fourth-order valence-corrected chi connectivity index (χ4v) is 4.38. The van der Waals surface area contributed by atoms with E-state index in [4.69, 9.17) is 4.74 Å². The van der Waals surface area contributed by atoms with Crippen LogP contribution in [-0.4, -0.2) is 65.1 Å². The highest BCUT2D eigenvalue weighted by molar-refractivity contribution is 7.13. The highest BCUT2D eigenvalue weighted by atomic mass is 32.1. The van der Waals surface area contributed by atoms with Gasteiger partial charge in [0, 0.05) is 31.9 Å². The smallest absolute Gasteiger partial charge is 0.286 e. The number of benzene rings is 2. The first kappa shape index (κ1) is 22.9. The minimum absolute atomic E-state index is 0.159. The summed E-state index contributed by atoms with van der Waals surface area (Å²) in [5.41, 5.74) is 2.91. The zero-order valence-electron chi connectivity index (χ0n) is 18.8. The molecule has 1 aliphatic rings. The average molecular weight is 466 g/mol. The van der Waals surface area contributed by atoms with Crippen molar-refractivity contribution >= 4 is 28.8 Å². The maximum absolute atomic E-state index is 12.6. The summed E-state index contributed by atoms with van der Waals surface area (Å²) in [5.74, 6) is 0.602. The third-order valence-electron chi connectivity index (χ3n) is 5.57. The number of carbonyl (C=O) groups is 2. The summed E-state index contributed by atoms with van der Waals surface area (Å²) >= 11 is 1.29. The van der Waals surface area contributed by atoms with Gasteiger partial charge in [0.25, 0.3) is 5.91 Å².